The molecule has 0 aliphatic heterocycles. The minimum absolute atomic E-state index is 0.0802. The van der Waals surface area contributed by atoms with E-state index in [-0.39, 0.29) is 26.4 Å². The van der Waals surface area contributed by atoms with Crippen molar-refractivity contribution in [1.29, 1.82) is 0 Å². The Balaban J connectivity index is 2.31. The highest BCUT2D eigenvalue weighted by molar-refractivity contribution is 6.01. The first-order valence-corrected chi connectivity index (χ1v) is 11.5. The second-order valence-corrected chi connectivity index (χ2v) is 8.06. The van der Waals surface area contributed by atoms with Gasteiger partial charge in [0.25, 0.3) is 5.56 Å². The third-order valence-electron chi connectivity index (χ3n) is 5.58. The Morgan fingerprint density at radius 1 is 0.865 bits per heavy atom. The minimum atomic E-state index is -0.529. The van der Waals surface area contributed by atoms with Gasteiger partial charge in [0.1, 0.15) is 19.8 Å². The minimum Gasteiger partial charge on any atom is -0.493 e. The number of fused-ring (bicyclic) bond motifs is 1. The predicted octanol–water partition coefficient (Wildman–Crippen LogP) is 3.38. The summed E-state index contributed by atoms with van der Waals surface area (Å²) in [5.74, 6) is -0.566. The van der Waals surface area contributed by atoms with Crippen LogP contribution in [0.25, 0.3) is 21.9 Å². The van der Waals surface area contributed by atoms with Crippen molar-refractivity contribution < 1.29 is 38.1 Å². The highest BCUT2D eigenvalue weighted by Crippen LogP contribution is 2.40. The molecule has 0 atom stereocenters. The molecule has 0 spiro atoms. The lowest BCUT2D eigenvalue weighted by molar-refractivity contribution is -0.144. The van der Waals surface area contributed by atoms with E-state index in [1.54, 1.807) is 25.1 Å². The van der Waals surface area contributed by atoms with Crippen LogP contribution in [0.1, 0.15) is 31.9 Å². The average Bonchev–Trinajstić information content (AvgIpc) is 2.86. The Morgan fingerprint density at radius 2 is 1.51 bits per heavy atom. The summed E-state index contributed by atoms with van der Waals surface area (Å²) in [5, 5.41) is 1.41. The lowest BCUT2D eigenvalue weighted by atomic mass is 9.90. The number of nitrogens with zero attached hydrogens (tertiary/aromatic N) is 1. The van der Waals surface area contributed by atoms with E-state index in [1.807, 2.05) is 6.07 Å². The van der Waals surface area contributed by atoms with Gasteiger partial charge >= 0.3 is 17.9 Å². The zero-order valence-corrected chi connectivity index (χ0v) is 21.4. The molecule has 10 nitrogen and oxygen atoms in total. The molecule has 1 aromatic heterocycles. The number of benzene rings is 2. The van der Waals surface area contributed by atoms with Crippen LogP contribution in [0.5, 0.6) is 11.5 Å². The van der Waals surface area contributed by atoms with Crippen molar-refractivity contribution in [3.63, 3.8) is 0 Å². The van der Waals surface area contributed by atoms with Crippen LogP contribution in [0, 0.1) is 0 Å². The summed E-state index contributed by atoms with van der Waals surface area (Å²) in [6, 6.07) is 8.41. The lowest BCUT2D eigenvalue weighted by Gasteiger charge is -2.20. The molecule has 0 bridgehead atoms. The topological polar surface area (TPSA) is 119 Å². The first-order chi connectivity index (χ1) is 17.7. The number of hydrogen-bond donors (Lipinski definition) is 0. The molecule has 0 saturated heterocycles. The van der Waals surface area contributed by atoms with Gasteiger partial charge in [0, 0.05) is 31.7 Å². The molecule has 0 fully saturated rings. The number of pyridine rings is 1. The van der Waals surface area contributed by atoms with Crippen molar-refractivity contribution in [3.8, 4) is 22.6 Å². The van der Waals surface area contributed by atoms with E-state index < -0.39 is 23.5 Å². The maximum atomic E-state index is 12.9. The van der Waals surface area contributed by atoms with E-state index in [0.29, 0.717) is 39.1 Å². The molecule has 0 unspecified atom stereocenters. The second kappa shape index (κ2) is 12.1. The Labute approximate surface area is 213 Å². The van der Waals surface area contributed by atoms with E-state index in [9.17, 15) is 19.2 Å². The van der Waals surface area contributed by atoms with E-state index in [1.165, 1.54) is 44.9 Å². The third kappa shape index (κ3) is 6.46. The molecule has 0 amide bonds. The van der Waals surface area contributed by atoms with Crippen LogP contribution in [0.4, 0.5) is 0 Å². The smallest absolute Gasteiger partial charge is 0.326 e. The van der Waals surface area contributed by atoms with Crippen molar-refractivity contribution in [1.82, 2.24) is 4.57 Å². The number of aromatic nitrogens is 1. The number of rotatable bonds is 10. The molecule has 10 heteroatoms. The van der Waals surface area contributed by atoms with Crippen LogP contribution in [0.2, 0.25) is 0 Å². The molecule has 37 heavy (non-hydrogen) atoms. The largest absolute Gasteiger partial charge is 0.493 e. The van der Waals surface area contributed by atoms with Gasteiger partial charge in [-0.05, 0) is 58.7 Å². The molecule has 196 valence electrons. The van der Waals surface area contributed by atoms with Crippen molar-refractivity contribution in [2.75, 3.05) is 20.8 Å². The fourth-order valence-electron chi connectivity index (χ4n) is 3.94. The summed E-state index contributed by atoms with van der Waals surface area (Å²) >= 11 is 0. The number of carbonyl (C=O) groups is 3. The van der Waals surface area contributed by atoms with Crippen LogP contribution in [0.15, 0.2) is 41.3 Å². The van der Waals surface area contributed by atoms with Crippen LogP contribution < -0.4 is 15.0 Å². The highest BCUT2D eigenvalue weighted by Gasteiger charge is 2.20. The normalized spacial score (nSPS) is 10.6. The molecule has 0 aliphatic carbocycles. The number of methoxy groups -OCH3 is 2. The van der Waals surface area contributed by atoms with Crippen LogP contribution in [0.3, 0.4) is 0 Å². The molecule has 3 aromatic rings. The summed E-state index contributed by atoms with van der Waals surface area (Å²) in [6.45, 7) is 4.04. The number of carbonyl (C=O) groups excluding carboxylic acids is 3. The van der Waals surface area contributed by atoms with Gasteiger partial charge in [-0.2, -0.15) is 0 Å². The van der Waals surface area contributed by atoms with Gasteiger partial charge in [-0.1, -0.05) is 0 Å². The summed E-state index contributed by atoms with van der Waals surface area (Å²) in [4.78, 5) is 48.1. The maximum Gasteiger partial charge on any atom is 0.326 e. The molecular formula is C27H29NO9. The van der Waals surface area contributed by atoms with Gasteiger partial charge in [0.2, 0.25) is 0 Å². The maximum absolute atomic E-state index is 12.9. The number of hydrogen-bond acceptors (Lipinski definition) is 9. The van der Waals surface area contributed by atoms with Crippen molar-refractivity contribution in [2.24, 2.45) is 0 Å². The van der Waals surface area contributed by atoms with Crippen LogP contribution in [-0.4, -0.2) is 43.3 Å². The zero-order valence-electron chi connectivity index (χ0n) is 21.4. The first kappa shape index (κ1) is 27.3. The van der Waals surface area contributed by atoms with E-state index in [0.717, 1.165) is 5.39 Å². The van der Waals surface area contributed by atoms with Gasteiger partial charge in [-0.25, -0.2) is 0 Å². The SMILES string of the molecule is CCOC(=O)Cn1ccc(-c2c(COC(C)=O)c(COC(C)=O)cc3cc(OC)c(OC)cc23)cc1=O. The summed E-state index contributed by atoms with van der Waals surface area (Å²) in [6.07, 6.45) is 1.50. The molecule has 1 heterocycles. The molecule has 3 rings (SSSR count). The third-order valence-corrected chi connectivity index (χ3v) is 5.58. The molecule has 2 aromatic carbocycles. The molecule has 0 radical (unpaired) electrons. The molecule has 0 aliphatic rings. The Bertz CT molecular complexity index is 1390. The first-order valence-electron chi connectivity index (χ1n) is 11.5. The number of ether oxygens (including phenoxy) is 5. The summed E-state index contributed by atoms with van der Waals surface area (Å²) in [7, 11) is 3.03. The van der Waals surface area contributed by atoms with Gasteiger partial charge < -0.3 is 28.3 Å². The van der Waals surface area contributed by atoms with Gasteiger partial charge in [0.15, 0.2) is 11.5 Å². The fraction of sp³-hybridized carbons (Fsp3) is 0.333. The van der Waals surface area contributed by atoms with Gasteiger partial charge in [-0.3, -0.25) is 19.2 Å². The van der Waals surface area contributed by atoms with Crippen molar-refractivity contribution in [2.45, 2.75) is 40.5 Å². The predicted molar refractivity (Wildman–Crippen MR) is 134 cm³/mol. The fourth-order valence-corrected chi connectivity index (χ4v) is 3.94. The highest BCUT2D eigenvalue weighted by atomic mass is 16.5. The van der Waals surface area contributed by atoms with E-state index in [4.69, 9.17) is 23.7 Å². The summed E-state index contributed by atoms with van der Waals surface area (Å²) < 4.78 is 27.7. The van der Waals surface area contributed by atoms with Crippen LogP contribution in [-0.2, 0) is 48.4 Å². The lowest BCUT2D eigenvalue weighted by Crippen LogP contribution is -2.24. The zero-order chi connectivity index (χ0) is 27.1. The number of esters is 3. The van der Waals surface area contributed by atoms with Crippen LogP contribution >= 0.6 is 0 Å². The monoisotopic (exact) mass is 511 g/mol. The van der Waals surface area contributed by atoms with Gasteiger partial charge in [0.05, 0.1) is 20.8 Å². The van der Waals surface area contributed by atoms with Crippen molar-refractivity contribution >= 4 is 28.7 Å². The standard InChI is InChI=1S/C27H29NO9/c1-6-35-26(32)13-28-8-7-18(11-25(28)31)27-21-12-24(34-5)23(33-4)10-19(21)9-20(14-36-16(2)29)22(27)15-37-17(3)30/h7-12H,6,13-15H2,1-5H3. The van der Waals surface area contributed by atoms with E-state index in [2.05, 4.69) is 0 Å². The molecule has 0 N–H and O–H groups in total. The molecule has 0 saturated carbocycles. The second-order valence-electron chi connectivity index (χ2n) is 8.06. The Morgan fingerprint density at radius 3 is 2.11 bits per heavy atom. The van der Waals surface area contributed by atoms with E-state index >= 15 is 0 Å². The Hall–Kier alpha value is -4.34. The Kier molecular flexibility index (Phi) is 8.89. The van der Waals surface area contributed by atoms with Crippen molar-refractivity contribution in [3.05, 3.63) is 58.0 Å². The quantitative estimate of drug-likeness (QED) is 0.298. The summed E-state index contributed by atoms with van der Waals surface area (Å²) in [5.41, 5.74) is 1.81. The average molecular weight is 512 g/mol. The van der Waals surface area contributed by atoms with Gasteiger partial charge in [-0.15, -0.1) is 0 Å². The molecular weight excluding hydrogens is 482 g/mol.